The van der Waals surface area contributed by atoms with Crippen LogP contribution < -0.4 is 10.6 Å². The van der Waals surface area contributed by atoms with Crippen LogP contribution in [0.2, 0.25) is 0 Å². The molecule has 7 rings (SSSR count). The minimum atomic E-state index is -1.14. The van der Waals surface area contributed by atoms with E-state index in [4.69, 9.17) is 9.98 Å². The Labute approximate surface area is 249 Å². The number of aromatic nitrogens is 2. The second kappa shape index (κ2) is 11.4. The van der Waals surface area contributed by atoms with Gasteiger partial charge in [0.25, 0.3) is 0 Å². The average molecular weight is 676 g/mol. The van der Waals surface area contributed by atoms with Crippen molar-refractivity contribution in [1.82, 2.24) is 20.2 Å². The molecular weight excluding hydrogens is 646 g/mol. The van der Waals surface area contributed by atoms with Crippen molar-refractivity contribution in [3.8, 4) is 11.3 Å². The number of nitrogens with one attached hydrogen (secondary N) is 1. The number of piperazine rings is 1. The molecule has 0 aliphatic carbocycles. The maximum absolute atomic E-state index is 15.3. The van der Waals surface area contributed by atoms with Crippen LogP contribution >= 0.6 is 19.8 Å². The van der Waals surface area contributed by atoms with Gasteiger partial charge in [-0.2, -0.15) is 0 Å². The molecule has 0 atom stereocenters. The van der Waals surface area contributed by atoms with Gasteiger partial charge in [-0.25, -0.2) is 0 Å². The normalized spacial score (nSPS) is 16.6. The molecule has 3 aromatic carbocycles. The van der Waals surface area contributed by atoms with Crippen LogP contribution in [0.4, 0.5) is 16.0 Å². The third-order valence-electron chi connectivity index (χ3n) is 7.71. The first-order chi connectivity index (χ1) is 20.6. The van der Waals surface area contributed by atoms with E-state index in [9.17, 15) is 9.59 Å². The number of amides is 1. The maximum atomic E-state index is 15.3. The second-order valence-electron chi connectivity index (χ2n) is 10.4. The van der Waals surface area contributed by atoms with E-state index in [1.165, 1.54) is 18.5 Å². The molecule has 0 radical (unpaired) electrons. The van der Waals surface area contributed by atoms with Gasteiger partial charge < -0.3 is 10.2 Å². The van der Waals surface area contributed by atoms with Gasteiger partial charge in [-0.15, -0.1) is 0 Å². The quantitative estimate of drug-likeness (QED) is 0.141. The number of aldehydes is 1. The fraction of sp³-hybridized carbons (Fsp3) is 0.219. The van der Waals surface area contributed by atoms with Gasteiger partial charge in [-0.05, 0) is 0 Å². The number of fused-ring (bicyclic) bond motifs is 3. The molecule has 0 bridgehead atoms. The molecule has 4 aromatic rings. The topological polar surface area (TPSA) is 104 Å². The summed E-state index contributed by atoms with van der Waals surface area (Å²) in [6, 6.07) is 18.5. The fourth-order valence-corrected chi connectivity index (χ4v) is 9.75. The molecule has 1 aromatic heterocycles. The summed E-state index contributed by atoms with van der Waals surface area (Å²) in [5.74, 6) is 0.0593. The number of hydrogen-bond donors (Lipinski definition) is 2. The number of aliphatic imine (C=N–C) groups is 1. The molecular formula is C32H29FIN6O2+. The number of rotatable bonds is 6. The minimum absolute atomic E-state index is 0.0199. The number of carbonyl (C=O) groups is 2. The zero-order chi connectivity index (χ0) is 28.6. The van der Waals surface area contributed by atoms with Crippen LogP contribution in [-0.2, 0) is 6.54 Å². The monoisotopic (exact) mass is 675 g/mol. The van der Waals surface area contributed by atoms with Crippen LogP contribution in [0.15, 0.2) is 71.9 Å². The zero-order valence-electron chi connectivity index (χ0n) is 22.8. The fourth-order valence-electron chi connectivity index (χ4n) is 5.49. The Hall–Kier alpha value is -3.87. The van der Waals surface area contributed by atoms with Crippen molar-refractivity contribution in [2.75, 3.05) is 35.0 Å². The summed E-state index contributed by atoms with van der Waals surface area (Å²) in [6.07, 6.45) is 2.46. The molecule has 42 heavy (non-hydrogen) atoms. The van der Waals surface area contributed by atoms with Crippen molar-refractivity contribution in [2.45, 2.75) is 6.54 Å². The molecule has 0 unspecified atom stereocenters. The van der Waals surface area contributed by atoms with E-state index in [0.29, 0.717) is 36.6 Å². The van der Waals surface area contributed by atoms with Gasteiger partial charge in [0.05, 0.1) is 0 Å². The number of quaternary nitrogens is 1. The number of nitrogens with two attached hydrogens (primary N) is 1. The Kier molecular flexibility index (Phi) is 7.34. The number of halogens is 2. The average Bonchev–Trinajstić information content (AvgIpc) is 3.89. The van der Waals surface area contributed by atoms with Crippen molar-refractivity contribution in [3.05, 3.63) is 104 Å². The van der Waals surface area contributed by atoms with Crippen LogP contribution in [0.1, 0.15) is 37.4 Å². The summed E-state index contributed by atoms with van der Waals surface area (Å²) in [5.41, 5.74) is 5.67. The number of hydrogen-bond acceptors (Lipinski definition) is 6. The van der Waals surface area contributed by atoms with Gasteiger partial charge in [0, 0.05) is 26.2 Å². The second-order valence-corrected chi connectivity index (χ2v) is 16.4. The Bertz CT molecular complexity index is 1750. The van der Waals surface area contributed by atoms with E-state index in [1.807, 2.05) is 34.5 Å². The van der Waals surface area contributed by atoms with E-state index >= 15 is 4.39 Å². The van der Waals surface area contributed by atoms with Crippen LogP contribution in [0.25, 0.3) is 11.3 Å². The summed E-state index contributed by atoms with van der Waals surface area (Å²) in [7, 11) is 0. The molecule has 0 spiro atoms. The Morgan fingerprint density at radius 3 is 2.67 bits per heavy atom. The Balaban J connectivity index is 1.26. The van der Waals surface area contributed by atoms with Gasteiger partial charge in [-0.1, -0.05) is 0 Å². The molecule has 212 valence electrons. The van der Waals surface area contributed by atoms with Crippen molar-refractivity contribution in [1.29, 1.82) is 0 Å². The molecule has 1 amide bonds. The predicted molar refractivity (Wildman–Crippen MR) is 168 cm³/mol. The molecule has 2 saturated heterocycles. The third-order valence-corrected chi connectivity index (χ3v) is 12.3. The number of nitrogens with zero attached hydrogens (tertiary/aromatic N) is 4. The van der Waals surface area contributed by atoms with Crippen molar-refractivity contribution in [3.63, 3.8) is 0 Å². The van der Waals surface area contributed by atoms with E-state index in [2.05, 4.69) is 28.5 Å². The van der Waals surface area contributed by atoms with Gasteiger partial charge in [0.2, 0.25) is 0 Å². The van der Waals surface area contributed by atoms with Crippen molar-refractivity contribution >= 4 is 49.4 Å². The number of alkyl halides is 2. The molecule has 8 nitrogen and oxygen atoms in total. The van der Waals surface area contributed by atoms with E-state index in [0.717, 1.165) is 41.2 Å². The van der Waals surface area contributed by atoms with Gasteiger partial charge in [-0.3, -0.25) is 4.79 Å². The standard InChI is InChI=1S/C32H28FIN6O2/c33-27-6-2-4-21(19-41)28(27)30-26-16-23(34-9-10-34)7-8-25(26)29-22(17-36-30)18-37-32(39-29)38-24-5-1-3-20(15-24)31(42)40-13-11-35-12-14-40/h1-8,15-16,18-19,35H,9-14,17H2,(H,37,38,39)/p+1. The van der Waals surface area contributed by atoms with Gasteiger partial charge in [0.1, 0.15) is 0 Å². The zero-order valence-corrected chi connectivity index (χ0v) is 25.0. The van der Waals surface area contributed by atoms with Crippen LogP contribution in [-0.4, -0.2) is 67.8 Å². The van der Waals surface area contributed by atoms with Crippen LogP contribution in [0, 0.1) is 9.39 Å². The van der Waals surface area contributed by atoms with Crippen molar-refractivity contribution < 1.29 is 19.3 Å². The predicted octanol–water partition coefficient (Wildman–Crippen LogP) is 3.71. The first kappa shape index (κ1) is 27.0. The van der Waals surface area contributed by atoms with Gasteiger partial charge >= 0.3 is 210 Å². The van der Waals surface area contributed by atoms with Gasteiger partial charge in [0.15, 0.2) is 0 Å². The van der Waals surface area contributed by atoms with E-state index < -0.39 is 25.6 Å². The molecule has 10 heteroatoms. The molecule has 3 aliphatic heterocycles. The SMILES string of the molecule is O=Cc1cccc(F)c1C1=NCc2cnc([NH2+]c3cccc(C(=O)N4CCNCC4)c3)nc2-c2ccc(I3CC3)cc21. The summed E-state index contributed by atoms with van der Waals surface area (Å²) < 4.78 is 19.2. The first-order valence-corrected chi connectivity index (χ1v) is 18.1. The van der Waals surface area contributed by atoms with Crippen LogP contribution in [0.3, 0.4) is 0 Å². The Morgan fingerprint density at radius 2 is 1.86 bits per heavy atom. The molecule has 0 saturated carbocycles. The summed E-state index contributed by atoms with van der Waals surface area (Å²) in [6.45, 7) is 3.24. The summed E-state index contributed by atoms with van der Waals surface area (Å²) >= 11 is -1.14. The van der Waals surface area contributed by atoms with Crippen LogP contribution in [0.5, 0.6) is 0 Å². The first-order valence-electron chi connectivity index (χ1n) is 13.9. The molecule has 3 N–H and O–H groups in total. The summed E-state index contributed by atoms with van der Waals surface area (Å²) in [5, 5.41) is 5.15. The molecule has 2 fully saturated rings. The number of benzene rings is 3. The van der Waals surface area contributed by atoms with E-state index in [-0.39, 0.29) is 23.6 Å². The molecule has 4 heterocycles. The summed E-state index contributed by atoms with van der Waals surface area (Å²) in [4.78, 5) is 41.3. The van der Waals surface area contributed by atoms with Crippen molar-refractivity contribution in [2.24, 2.45) is 4.99 Å². The van der Waals surface area contributed by atoms with E-state index in [1.54, 1.807) is 18.3 Å². The third kappa shape index (κ3) is 5.25. The molecule has 3 aliphatic rings. The number of carbonyl (C=O) groups excluding carboxylic acids is 2. The Morgan fingerprint density at radius 1 is 1.02 bits per heavy atom.